The molecule has 1 amide bonds. The molecule has 0 aliphatic carbocycles. The Morgan fingerprint density at radius 1 is 1.30 bits per heavy atom. The average molecular weight is 494 g/mol. The molecule has 2 aromatic heterocycles. The average Bonchev–Trinajstić information content (AvgIpc) is 3.28. The summed E-state index contributed by atoms with van der Waals surface area (Å²) in [5.41, 5.74) is 1.06. The number of ether oxygens (including phenoxy) is 1. The largest absolute Gasteiger partial charge is 0.492 e. The van der Waals surface area contributed by atoms with Crippen molar-refractivity contribution in [3.05, 3.63) is 45.0 Å². The molecule has 1 atom stereocenters. The predicted octanol–water partition coefficient (Wildman–Crippen LogP) is 3.68. The minimum atomic E-state index is -0.273. The molecule has 0 saturated carbocycles. The van der Waals surface area contributed by atoms with Crippen LogP contribution in [-0.4, -0.2) is 68.4 Å². The normalized spacial score (nSPS) is 16.2. The van der Waals surface area contributed by atoms with Gasteiger partial charge in [-0.3, -0.25) is 4.90 Å². The quantitative estimate of drug-likeness (QED) is 0.583. The van der Waals surface area contributed by atoms with Crippen molar-refractivity contribution in [3.63, 3.8) is 0 Å². The molecule has 8 nitrogen and oxygen atoms in total. The van der Waals surface area contributed by atoms with E-state index in [4.69, 9.17) is 4.74 Å². The van der Waals surface area contributed by atoms with Crippen molar-refractivity contribution in [1.82, 2.24) is 24.4 Å². The maximum Gasteiger partial charge on any atom is 0.409 e. The van der Waals surface area contributed by atoms with E-state index in [-0.39, 0.29) is 18.0 Å². The van der Waals surface area contributed by atoms with Crippen LogP contribution in [0.2, 0.25) is 0 Å². The molecule has 1 N–H and O–H groups in total. The lowest BCUT2D eigenvalue weighted by atomic mass is 10.0. The summed E-state index contributed by atoms with van der Waals surface area (Å²) in [6.07, 6.45) is 0.443. The van der Waals surface area contributed by atoms with Crippen LogP contribution in [0.3, 0.4) is 0 Å². The van der Waals surface area contributed by atoms with Gasteiger partial charge >= 0.3 is 6.09 Å². The molecular weight excluding hydrogens is 470 g/mol. The van der Waals surface area contributed by atoms with Gasteiger partial charge in [0.1, 0.15) is 0 Å². The van der Waals surface area contributed by atoms with Crippen LogP contribution in [0.25, 0.3) is 4.96 Å². The molecule has 160 valence electrons. The van der Waals surface area contributed by atoms with Crippen LogP contribution in [0.15, 0.2) is 28.7 Å². The van der Waals surface area contributed by atoms with Gasteiger partial charge in [0, 0.05) is 37.1 Å². The molecule has 1 aliphatic heterocycles. The lowest BCUT2D eigenvalue weighted by molar-refractivity contribution is 0.0715. The van der Waals surface area contributed by atoms with Crippen molar-refractivity contribution < 1.29 is 14.6 Å². The molecular formula is C20H24BrN5O3S. The van der Waals surface area contributed by atoms with Gasteiger partial charge in [-0.2, -0.15) is 4.52 Å². The lowest BCUT2D eigenvalue weighted by Gasteiger charge is -2.38. The number of aromatic hydroxyl groups is 1. The van der Waals surface area contributed by atoms with E-state index >= 15 is 0 Å². The summed E-state index contributed by atoms with van der Waals surface area (Å²) < 4.78 is 7.64. The van der Waals surface area contributed by atoms with E-state index in [0.717, 1.165) is 14.9 Å². The molecule has 1 saturated heterocycles. The van der Waals surface area contributed by atoms with Crippen LogP contribution < -0.4 is 0 Å². The molecule has 0 bridgehead atoms. The Balaban J connectivity index is 1.67. The summed E-state index contributed by atoms with van der Waals surface area (Å²) in [5.74, 6) is 0.838. The fraction of sp³-hybridized carbons (Fsp3) is 0.450. The Bertz CT molecular complexity index is 1040. The van der Waals surface area contributed by atoms with Gasteiger partial charge in [-0.1, -0.05) is 46.3 Å². The molecule has 1 aromatic carbocycles. The highest BCUT2D eigenvalue weighted by Gasteiger charge is 2.33. The van der Waals surface area contributed by atoms with Crippen LogP contribution in [0.1, 0.15) is 36.2 Å². The fourth-order valence-corrected chi connectivity index (χ4v) is 5.25. The Labute approximate surface area is 187 Å². The number of carbonyl (C=O) groups is 1. The van der Waals surface area contributed by atoms with Gasteiger partial charge in [0.2, 0.25) is 10.8 Å². The second-order valence-corrected chi connectivity index (χ2v) is 8.97. The zero-order chi connectivity index (χ0) is 21.3. The number of aryl methyl sites for hydroxylation is 1. The molecule has 0 spiro atoms. The first-order valence-corrected chi connectivity index (χ1v) is 11.6. The topological polar surface area (TPSA) is 83.2 Å². The maximum absolute atomic E-state index is 12.1. The molecule has 1 aliphatic rings. The zero-order valence-corrected chi connectivity index (χ0v) is 19.3. The van der Waals surface area contributed by atoms with E-state index in [1.807, 2.05) is 26.0 Å². The first-order valence-electron chi connectivity index (χ1n) is 10.00. The summed E-state index contributed by atoms with van der Waals surface area (Å²) >= 11 is 5.02. The third kappa shape index (κ3) is 4.03. The number of nitrogens with zero attached hydrogens (tertiary/aromatic N) is 5. The minimum absolute atomic E-state index is 0.125. The van der Waals surface area contributed by atoms with E-state index in [2.05, 4.69) is 43.0 Å². The first-order chi connectivity index (χ1) is 14.5. The monoisotopic (exact) mass is 493 g/mol. The Hall–Kier alpha value is -2.17. The molecule has 30 heavy (non-hydrogen) atoms. The van der Waals surface area contributed by atoms with E-state index < -0.39 is 0 Å². The van der Waals surface area contributed by atoms with E-state index in [9.17, 15) is 9.90 Å². The maximum atomic E-state index is 12.1. The summed E-state index contributed by atoms with van der Waals surface area (Å²) in [4.78, 5) is 22.1. The van der Waals surface area contributed by atoms with Gasteiger partial charge in [0.05, 0.1) is 17.5 Å². The second kappa shape index (κ2) is 8.91. The first kappa shape index (κ1) is 21.1. The van der Waals surface area contributed by atoms with E-state index in [1.54, 1.807) is 4.90 Å². The number of carbonyl (C=O) groups excluding carboxylic acids is 1. The van der Waals surface area contributed by atoms with Crippen molar-refractivity contribution in [3.8, 4) is 5.88 Å². The van der Waals surface area contributed by atoms with Gasteiger partial charge in [-0.25, -0.2) is 9.78 Å². The van der Waals surface area contributed by atoms with Crippen LogP contribution in [0.5, 0.6) is 5.88 Å². The smallest absolute Gasteiger partial charge is 0.409 e. The number of amides is 1. The van der Waals surface area contributed by atoms with E-state index in [1.165, 1.54) is 15.9 Å². The molecule has 1 fully saturated rings. The minimum Gasteiger partial charge on any atom is -0.492 e. The summed E-state index contributed by atoms with van der Waals surface area (Å²) in [7, 11) is 0. The molecule has 10 heteroatoms. The highest BCUT2D eigenvalue weighted by Crippen LogP contribution is 2.40. The van der Waals surface area contributed by atoms with Crippen molar-refractivity contribution >= 4 is 38.3 Å². The fourth-order valence-electron chi connectivity index (χ4n) is 3.70. The number of aromatic nitrogens is 3. The zero-order valence-electron chi connectivity index (χ0n) is 16.9. The Kier molecular flexibility index (Phi) is 6.26. The van der Waals surface area contributed by atoms with Gasteiger partial charge < -0.3 is 14.7 Å². The van der Waals surface area contributed by atoms with Crippen LogP contribution >= 0.6 is 27.3 Å². The molecule has 4 rings (SSSR count). The van der Waals surface area contributed by atoms with Crippen molar-refractivity contribution in [2.24, 2.45) is 0 Å². The SMILES string of the molecule is CCOC(=O)N1CCN([C@@H](c2cccc(Br)c2)c2sc3nc(CC)nn3c2O)CC1. The molecule has 3 aromatic rings. The number of fused-ring (bicyclic) bond motifs is 1. The van der Waals surface area contributed by atoms with Crippen molar-refractivity contribution in [1.29, 1.82) is 0 Å². The van der Waals surface area contributed by atoms with Gasteiger partial charge in [0.25, 0.3) is 0 Å². The molecule has 0 radical (unpaired) electrons. The van der Waals surface area contributed by atoms with Gasteiger partial charge in [0.15, 0.2) is 5.82 Å². The number of benzene rings is 1. The summed E-state index contributed by atoms with van der Waals surface area (Å²) in [5, 5.41) is 15.4. The number of rotatable bonds is 5. The lowest BCUT2D eigenvalue weighted by Crippen LogP contribution is -2.49. The highest BCUT2D eigenvalue weighted by atomic mass is 79.9. The Morgan fingerprint density at radius 2 is 2.07 bits per heavy atom. The number of halogens is 1. The van der Waals surface area contributed by atoms with Crippen LogP contribution in [-0.2, 0) is 11.2 Å². The summed E-state index contributed by atoms with van der Waals surface area (Å²) in [6.45, 7) is 6.66. The molecule has 0 unspecified atom stereocenters. The number of piperazine rings is 1. The number of thiazole rings is 1. The standard InChI is InChI=1S/C20H24BrN5O3S/c1-3-15-22-19-26(23-15)18(27)17(30-19)16(13-6-5-7-14(21)12-13)24-8-10-25(11-9-24)20(28)29-4-2/h5-7,12,16,27H,3-4,8-11H2,1-2H3/t16-/m0/s1. The van der Waals surface area contributed by atoms with Crippen molar-refractivity contribution in [2.45, 2.75) is 26.3 Å². The number of hydrogen-bond donors (Lipinski definition) is 1. The van der Waals surface area contributed by atoms with Crippen molar-refractivity contribution in [2.75, 3.05) is 32.8 Å². The second-order valence-electron chi connectivity index (χ2n) is 7.05. The number of hydrogen-bond acceptors (Lipinski definition) is 7. The highest BCUT2D eigenvalue weighted by molar-refractivity contribution is 9.10. The van der Waals surface area contributed by atoms with Crippen LogP contribution in [0.4, 0.5) is 4.79 Å². The van der Waals surface area contributed by atoms with Gasteiger partial charge in [-0.15, -0.1) is 5.10 Å². The third-order valence-corrected chi connectivity index (χ3v) is 6.74. The third-order valence-electron chi connectivity index (χ3n) is 5.18. The van der Waals surface area contributed by atoms with Crippen LogP contribution in [0, 0.1) is 0 Å². The Morgan fingerprint density at radius 3 is 2.70 bits per heavy atom. The van der Waals surface area contributed by atoms with E-state index in [0.29, 0.717) is 50.0 Å². The summed E-state index contributed by atoms with van der Waals surface area (Å²) in [6, 6.07) is 7.93. The van der Waals surface area contributed by atoms with Gasteiger partial charge in [-0.05, 0) is 24.6 Å². The molecule has 3 heterocycles. The predicted molar refractivity (Wildman–Crippen MR) is 118 cm³/mol.